The molecule has 0 heterocycles. The highest BCUT2D eigenvalue weighted by molar-refractivity contribution is 5.81. The Bertz CT molecular complexity index is 267. The molecular formula is C12H25N3O3. The van der Waals surface area contributed by atoms with Gasteiger partial charge in [0.15, 0.2) is 0 Å². The van der Waals surface area contributed by atoms with E-state index in [1.807, 2.05) is 20.8 Å². The van der Waals surface area contributed by atoms with E-state index >= 15 is 0 Å². The van der Waals surface area contributed by atoms with Gasteiger partial charge in [0.05, 0.1) is 19.7 Å². The van der Waals surface area contributed by atoms with Gasteiger partial charge in [0.2, 0.25) is 11.8 Å². The fourth-order valence-corrected chi connectivity index (χ4v) is 1.15. The third-order valence-corrected chi connectivity index (χ3v) is 2.56. The van der Waals surface area contributed by atoms with Gasteiger partial charge in [-0.2, -0.15) is 0 Å². The number of nitrogens with one attached hydrogen (secondary N) is 3. The number of amides is 2. The van der Waals surface area contributed by atoms with Crippen LogP contribution in [0.5, 0.6) is 0 Å². The summed E-state index contributed by atoms with van der Waals surface area (Å²) in [5, 5.41) is 8.33. The standard InChI is InChI=1S/C12H25N3O3/c1-5-12(2,3)15-11(17)9-13-8-10(16)14-6-7-18-4/h13H,5-9H2,1-4H3,(H,14,16)(H,15,17). The lowest BCUT2D eigenvalue weighted by Gasteiger charge is -2.24. The SMILES string of the molecule is CCC(C)(C)NC(=O)CNCC(=O)NCCOC. The van der Waals surface area contributed by atoms with Crippen LogP contribution in [0.4, 0.5) is 0 Å². The second kappa shape index (κ2) is 8.88. The quantitative estimate of drug-likeness (QED) is 0.494. The zero-order valence-corrected chi connectivity index (χ0v) is 11.8. The molecule has 0 unspecified atom stereocenters. The van der Waals surface area contributed by atoms with Crippen LogP contribution >= 0.6 is 0 Å². The lowest BCUT2D eigenvalue weighted by molar-refractivity contribution is -0.122. The molecule has 6 nitrogen and oxygen atoms in total. The minimum Gasteiger partial charge on any atom is -0.383 e. The average Bonchev–Trinajstić information content (AvgIpc) is 2.28. The minimum atomic E-state index is -0.209. The van der Waals surface area contributed by atoms with Gasteiger partial charge in [-0.05, 0) is 20.3 Å². The van der Waals surface area contributed by atoms with E-state index in [4.69, 9.17) is 4.74 Å². The van der Waals surface area contributed by atoms with E-state index in [1.165, 1.54) is 0 Å². The van der Waals surface area contributed by atoms with Crippen LogP contribution < -0.4 is 16.0 Å². The summed E-state index contributed by atoms with van der Waals surface area (Å²) in [7, 11) is 1.57. The van der Waals surface area contributed by atoms with Crippen molar-refractivity contribution in [3.8, 4) is 0 Å². The van der Waals surface area contributed by atoms with Crippen LogP contribution in [0.3, 0.4) is 0 Å². The summed E-state index contributed by atoms with van der Waals surface area (Å²) in [5.74, 6) is -0.249. The van der Waals surface area contributed by atoms with Crippen LogP contribution in [0.25, 0.3) is 0 Å². The number of methoxy groups -OCH3 is 1. The molecule has 0 aromatic rings. The van der Waals surface area contributed by atoms with Gasteiger partial charge in [0.1, 0.15) is 0 Å². The van der Waals surface area contributed by atoms with Crippen LogP contribution in [-0.4, -0.2) is 50.7 Å². The van der Waals surface area contributed by atoms with Crippen molar-refractivity contribution < 1.29 is 14.3 Å². The summed E-state index contributed by atoms with van der Waals surface area (Å²) >= 11 is 0. The van der Waals surface area contributed by atoms with Gasteiger partial charge in [0, 0.05) is 19.2 Å². The Balaban J connectivity index is 3.65. The topological polar surface area (TPSA) is 79.5 Å². The normalized spacial score (nSPS) is 11.1. The van der Waals surface area contributed by atoms with Crippen molar-refractivity contribution in [1.82, 2.24) is 16.0 Å². The maximum atomic E-state index is 11.5. The van der Waals surface area contributed by atoms with Crippen molar-refractivity contribution in [1.29, 1.82) is 0 Å². The predicted octanol–water partition coefficient (Wildman–Crippen LogP) is -0.357. The Morgan fingerprint density at radius 2 is 1.78 bits per heavy atom. The minimum absolute atomic E-state index is 0.105. The first-order valence-electron chi connectivity index (χ1n) is 6.18. The fourth-order valence-electron chi connectivity index (χ4n) is 1.15. The summed E-state index contributed by atoms with van der Waals surface area (Å²) in [4.78, 5) is 22.8. The van der Waals surface area contributed by atoms with Gasteiger partial charge in [0.25, 0.3) is 0 Å². The van der Waals surface area contributed by atoms with E-state index in [0.29, 0.717) is 13.2 Å². The molecule has 0 rings (SSSR count). The lowest BCUT2D eigenvalue weighted by atomic mass is 10.0. The zero-order chi connectivity index (χ0) is 14.0. The Morgan fingerprint density at radius 1 is 1.17 bits per heavy atom. The molecule has 0 fully saturated rings. The van der Waals surface area contributed by atoms with Gasteiger partial charge >= 0.3 is 0 Å². The number of carbonyl (C=O) groups is 2. The second-order valence-electron chi connectivity index (χ2n) is 4.73. The van der Waals surface area contributed by atoms with Crippen LogP contribution in [-0.2, 0) is 14.3 Å². The molecule has 0 spiro atoms. The van der Waals surface area contributed by atoms with E-state index in [0.717, 1.165) is 6.42 Å². The molecule has 0 bridgehead atoms. The van der Waals surface area contributed by atoms with Crippen LogP contribution in [0.1, 0.15) is 27.2 Å². The summed E-state index contributed by atoms with van der Waals surface area (Å²) < 4.78 is 4.80. The van der Waals surface area contributed by atoms with E-state index in [-0.39, 0.29) is 30.4 Å². The second-order valence-corrected chi connectivity index (χ2v) is 4.73. The number of hydrogen-bond donors (Lipinski definition) is 3. The van der Waals surface area contributed by atoms with Gasteiger partial charge in [-0.15, -0.1) is 0 Å². The summed E-state index contributed by atoms with van der Waals surface area (Å²) in [6.45, 7) is 7.16. The van der Waals surface area contributed by atoms with E-state index in [2.05, 4.69) is 16.0 Å². The highest BCUT2D eigenvalue weighted by atomic mass is 16.5. The Morgan fingerprint density at radius 3 is 2.33 bits per heavy atom. The van der Waals surface area contributed by atoms with Gasteiger partial charge in [-0.1, -0.05) is 6.92 Å². The summed E-state index contributed by atoms with van der Waals surface area (Å²) in [6, 6.07) is 0. The Hall–Kier alpha value is -1.14. The lowest BCUT2D eigenvalue weighted by Crippen LogP contribution is -2.47. The maximum absolute atomic E-state index is 11.5. The van der Waals surface area contributed by atoms with E-state index in [1.54, 1.807) is 7.11 Å². The van der Waals surface area contributed by atoms with Crippen molar-refractivity contribution >= 4 is 11.8 Å². The molecule has 0 saturated heterocycles. The summed E-state index contributed by atoms with van der Waals surface area (Å²) in [6.07, 6.45) is 0.857. The summed E-state index contributed by atoms with van der Waals surface area (Å²) in [5.41, 5.74) is -0.209. The molecule has 0 aromatic carbocycles. The van der Waals surface area contributed by atoms with E-state index < -0.39 is 0 Å². The molecular weight excluding hydrogens is 234 g/mol. The van der Waals surface area contributed by atoms with Crippen molar-refractivity contribution in [2.75, 3.05) is 33.4 Å². The highest BCUT2D eigenvalue weighted by Crippen LogP contribution is 2.05. The molecule has 0 radical (unpaired) electrons. The van der Waals surface area contributed by atoms with Gasteiger partial charge < -0.3 is 15.4 Å². The van der Waals surface area contributed by atoms with Crippen molar-refractivity contribution in [2.45, 2.75) is 32.7 Å². The smallest absolute Gasteiger partial charge is 0.234 e. The van der Waals surface area contributed by atoms with Crippen molar-refractivity contribution in [3.63, 3.8) is 0 Å². The van der Waals surface area contributed by atoms with Crippen LogP contribution in [0, 0.1) is 0 Å². The number of ether oxygens (including phenoxy) is 1. The highest BCUT2D eigenvalue weighted by Gasteiger charge is 2.17. The number of rotatable bonds is 9. The third-order valence-electron chi connectivity index (χ3n) is 2.56. The van der Waals surface area contributed by atoms with Crippen molar-refractivity contribution in [3.05, 3.63) is 0 Å². The van der Waals surface area contributed by atoms with Gasteiger partial charge in [-0.25, -0.2) is 0 Å². The maximum Gasteiger partial charge on any atom is 0.234 e. The molecule has 2 amide bonds. The van der Waals surface area contributed by atoms with Crippen molar-refractivity contribution in [2.24, 2.45) is 0 Å². The number of carbonyl (C=O) groups excluding carboxylic acids is 2. The molecule has 0 aliphatic rings. The van der Waals surface area contributed by atoms with Crippen LogP contribution in [0.2, 0.25) is 0 Å². The van der Waals surface area contributed by atoms with E-state index in [9.17, 15) is 9.59 Å². The Labute approximate surface area is 109 Å². The molecule has 0 atom stereocenters. The predicted molar refractivity (Wildman–Crippen MR) is 70.3 cm³/mol. The fraction of sp³-hybridized carbons (Fsp3) is 0.833. The first kappa shape index (κ1) is 16.9. The molecule has 18 heavy (non-hydrogen) atoms. The zero-order valence-electron chi connectivity index (χ0n) is 11.8. The monoisotopic (exact) mass is 259 g/mol. The first-order valence-corrected chi connectivity index (χ1v) is 6.18. The van der Waals surface area contributed by atoms with Gasteiger partial charge in [-0.3, -0.25) is 14.9 Å². The molecule has 0 aliphatic heterocycles. The Kier molecular flexibility index (Phi) is 8.32. The van der Waals surface area contributed by atoms with Crippen LogP contribution in [0.15, 0.2) is 0 Å². The molecule has 0 saturated carbocycles. The third kappa shape index (κ3) is 8.95. The molecule has 0 aromatic heterocycles. The number of hydrogen-bond acceptors (Lipinski definition) is 4. The molecule has 0 aliphatic carbocycles. The molecule has 3 N–H and O–H groups in total. The molecule has 6 heteroatoms. The first-order chi connectivity index (χ1) is 8.41. The average molecular weight is 259 g/mol. The largest absolute Gasteiger partial charge is 0.383 e. The molecule has 106 valence electrons.